The highest BCUT2D eigenvalue weighted by molar-refractivity contribution is 5.32. The molecule has 3 heteroatoms. The van der Waals surface area contributed by atoms with Crippen molar-refractivity contribution in [3.05, 3.63) is 29.6 Å². The predicted molar refractivity (Wildman–Crippen MR) is 69.5 cm³/mol. The number of aryl methyl sites for hydroxylation is 1. The van der Waals surface area contributed by atoms with Gasteiger partial charge in [0, 0.05) is 24.9 Å². The minimum absolute atomic E-state index is 0.0378. The molecule has 1 N–H and O–H groups in total. The summed E-state index contributed by atoms with van der Waals surface area (Å²) in [6, 6.07) is 4.12. The molecule has 0 saturated heterocycles. The van der Waals surface area contributed by atoms with E-state index in [2.05, 4.69) is 11.1 Å². The van der Waals surface area contributed by atoms with Gasteiger partial charge in [-0.2, -0.15) is 0 Å². The minimum atomic E-state index is -0.716. The molecule has 18 heavy (non-hydrogen) atoms. The molecule has 0 amide bonds. The molecule has 3 nitrogen and oxygen atoms in total. The van der Waals surface area contributed by atoms with E-state index in [-0.39, 0.29) is 12.0 Å². The summed E-state index contributed by atoms with van der Waals surface area (Å²) in [7, 11) is 1.72. The monoisotopic (exact) mass is 247 g/mol. The Balaban J connectivity index is 1.94. The lowest BCUT2D eigenvalue weighted by molar-refractivity contribution is -0.132. The van der Waals surface area contributed by atoms with Crippen LogP contribution in [0.4, 0.5) is 0 Å². The van der Waals surface area contributed by atoms with E-state index in [0.717, 1.165) is 44.2 Å². The number of fused-ring (bicyclic) bond motifs is 1. The summed E-state index contributed by atoms with van der Waals surface area (Å²) in [4.78, 5) is 4.51. The zero-order valence-electron chi connectivity index (χ0n) is 10.9. The van der Waals surface area contributed by atoms with Crippen LogP contribution in [0.25, 0.3) is 0 Å². The Labute approximate surface area is 108 Å². The van der Waals surface area contributed by atoms with Crippen LogP contribution in [0.15, 0.2) is 18.3 Å². The van der Waals surface area contributed by atoms with Crippen molar-refractivity contribution in [1.82, 2.24) is 4.98 Å². The van der Waals surface area contributed by atoms with Crippen molar-refractivity contribution in [3.63, 3.8) is 0 Å². The van der Waals surface area contributed by atoms with Crippen molar-refractivity contribution < 1.29 is 9.84 Å². The fraction of sp³-hybridized carbons (Fsp3) is 0.667. The molecular weight excluding hydrogens is 226 g/mol. The fourth-order valence-electron chi connectivity index (χ4n) is 3.77. The average Bonchev–Trinajstić information content (AvgIpc) is 2.83. The second kappa shape index (κ2) is 4.63. The van der Waals surface area contributed by atoms with Crippen LogP contribution in [-0.2, 0) is 11.2 Å². The van der Waals surface area contributed by atoms with Gasteiger partial charge in [0.05, 0.1) is 11.7 Å². The highest BCUT2D eigenvalue weighted by Gasteiger charge is 2.48. The number of methoxy groups -OCH3 is 1. The van der Waals surface area contributed by atoms with Crippen LogP contribution >= 0.6 is 0 Å². The molecule has 1 fully saturated rings. The third kappa shape index (κ3) is 1.77. The Morgan fingerprint density at radius 2 is 2.28 bits per heavy atom. The SMILES string of the molecule is COC1CCCCC1(O)C1CCc2cccnc21. The Kier molecular flexibility index (Phi) is 3.12. The summed E-state index contributed by atoms with van der Waals surface area (Å²) in [5.41, 5.74) is 1.69. The maximum Gasteiger partial charge on any atom is 0.0991 e. The molecule has 2 aliphatic rings. The zero-order chi connectivity index (χ0) is 12.6. The quantitative estimate of drug-likeness (QED) is 0.872. The van der Waals surface area contributed by atoms with Gasteiger partial charge in [0.25, 0.3) is 0 Å². The first-order valence-corrected chi connectivity index (χ1v) is 6.94. The van der Waals surface area contributed by atoms with Crippen LogP contribution in [0.2, 0.25) is 0 Å². The van der Waals surface area contributed by atoms with Gasteiger partial charge >= 0.3 is 0 Å². The van der Waals surface area contributed by atoms with Crippen molar-refractivity contribution in [1.29, 1.82) is 0 Å². The molecular formula is C15H21NO2. The molecule has 0 spiro atoms. The number of ether oxygens (including phenoxy) is 1. The zero-order valence-corrected chi connectivity index (χ0v) is 10.9. The molecule has 3 atom stereocenters. The van der Waals surface area contributed by atoms with Gasteiger partial charge in [0.2, 0.25) is 0 Å². The van der Waals surface area contributed by atoms with E-state index in [4.69, 9.17) is 4.74 Å². The highest BCUT2D eigenvalue weighted by atomic mass is 16.5. The smallest absolute Gasteiger partial charge is 0.0991 e. The lowest BCUT2D eigenvalue weighted by Crippen LogP contribution is -2.50. The molecule has 0 aromatic carbocycles. The maximum absolute atomic E-state index is 11.1. The standard InChI is InChI=1S/C15H21NO2/c1-18-13-6-2-3-9-15(13,17)12-8-7-11-5-4-10-16-14(11)12/h4-5,10,12-13,17H,2-3,6-9H2,1H3. The molecule has 3 rings (SSSR count). The van der Waals surface area contributed by atoms with Crippen LogP contribution in [0.5, 0.6) is 0 Å². The van der Waals surface area contributed by atoms with Gasteiger partial charge in [-0.15, -0.1) is 0 Å². The topological polar surface area (TPSA) is 42.4 Å². The number of aromatic nitrogens is 1. The molecule has 2 aliphatic carbocycles. The molecule has 0 aliphatic heterocycles. The molecule has 0 radical (unpaired) electrons. The molecule has 0 bridgehead atoms. The number of rotatable bonds is 2. The van der Waals surface area contributed by atoms with Gasteiger partial charge in [0.15, 0.2) is 0 Å². The van der Waals surface area contributed by atoms with Gasteiger partial charge in [0.1, 0.15) is 0 Å². The van der Waals surface area contributed by atoms with Crippen LogP contribution in [0.3, 0.4) is 0 Å². The number of hydrogen-bond donors (Lipinski definition) is 1. The summed E-state index contributed by atoms with van der Waals surface area (Å²) in [6.45, 7) is 0. The van der Waals surface area contributed by atoms with E-state index in [1.807, 2.05) is 12.3 Å². The third-order valence-corrected chi connectivity index (χ3v) is 4.70. The van der Waals surface area contributed by atoms with E-state index in [1.165, 1.54) is 5.56 Å². The first-order valence-electron chi connectivity index (χ1n) is 6.94. The van der Waals surface area contributed by atoms with Crippen LogP contribution in [0, 0.1) is 0 Å². The number of pyridine rings is 1. The van der Waals surface area contributed by atoms with E-state index in [9.17, 15) is 5.11 Å². The molecule has 1 heterocycles. The number of nitrogens with zero attached hydrogens (tertiary/aromatic N) is 1. The van der Waals surface area contributed by atoms with Crippen molar-refractivity contribution >= 4 is 0 Å². The largest absolute Gasteiger partial charge is 0.386 e. The molecule has 1 aromatic rings. The van der Waals surface area contributed by atoms with Gasteiger partial charge in [-0.05, 0) is 37.3 Å². The average molecular weight is 247 g/mol. The van der Waals surface area contributed by atoms with Crippen molar-refractivity contribution in [2.75, 3.05) is 7.11 Å². The maximum atomic E-state index is 11.1. The van der Waals surface area contributed by atoms with Gasteiger partial charge in [-0.25, -0.2) is 0 Å². The first-order chi connectivity index (χ1) is 8.75. The van der Waals surface area contributed by atoms with Crippen LogP contribution in [0.1, 0.15) is 49.3 Å². The van der Waals surface area contributed by atoms with Crippen LogP contribution < -0.4 is 0 Å². The van der Waals surface area contributed by atoms with E-state index in [1.54, 1.807) is 7.11 Å². The molecule has 1 saturated carbocycles. The van der Waals surface area contributed by atoms with Crippen LogP contribution in [-0.4, -0.2) is 28.9 Å². The van der Waals surface area contributed by atoms with Crippen molar-refractivity contribution in [3.8, 4) is 0 Å². The first kappa shape index (κ1) is 12.1. The lowest BCUT2D eigenvalue weighted by atomic mass is 9.72. The number of hydrogen-bond acceptors (Lipinski definition) is 3. The Bertz CT molecular complexity index is 434. The second-order valence-corrected chi connectivity index (χ2v) is 5.60. The summed E-state index contributed by atoms with van der Waals surface area (Å²) in [6.07, 6.45) is 7.89. The third-order valence-electron chi connectivity index (χ3n) is 4.70. The lowest BCUT2D eigenvalue weighted by Gasteiger charge is -2.43. The second-order valence-electron chi connectivity index (χ2n) is 5.60. The summed E-state index contributed by atoms with van der Waals surface area (Å²) >= 11 is 0. The van der Waals surface area contributed by atoms with E-state index >= 15 is 0 Å². The van der Waals surface area contributed by atoms with Gasteiger partial charge in [-0.1, -0.05) is 18.9 Å². The normalized spacial score (nSPS) is 35.4. The molecule has 3 unspecified atom stereocenters. The highest BCUT2D eigenvalue weighted by Crippen LogP contribution is 2.46. The summed E-state index contributed by atoms with van der Waals surface area (Å²) in [5.74, 6) is 0.152. The Morgan fingerprint density at radius 3 is 3.11 bits per heavy atom. The predicted octanol–water partition coefficient (Wildman–Crippen LogP) is 2.43. The van der Waals surface area contributed by atoms with E-state index < -0.39 is 5.60 Å². The Morgan fingerprint density at radius 1 is 1.39 bits per heavy atom. The summed E-state index contributed by atoms with van der Waals surface area (Å²) in [5, 5.41) is 11.1. The Hall–Kier alpha value is -0.930. The minimum Gasteiger partial charge on any atom is -0.386 e. The number of aliphatic hydroxyl groups is 1. The molecule has 98 valence electrons. The van der Waals surface area contributed by atoms with Crippen molar-refractivity contribution in [2.45, 2.75) is 56.1 Å². The van der Waals surface area contributed by atoms with Crippen molar-refractivity contribution in [2.24, 2.45) is 0 Å². The van der Waals surface area contributed by atoms with Gasteiger partial charge < -0.3 is 9.84 Å². The summed E-state index contributed by atoms with van der Waals surface area (Å²) < 4.78 is 5.56. The fourth-order valence-corrected chi connectivity index (χ4v) is 3.77. The molecule has 1 aromatic heterocycles. The van der Waals surface area contributed by atoms with E-state index in [0.29, 0.717) is 0 Å². The van der Waals surface area contributed by atoms with Gasteiger partial charge in [-0.3, -0.25) is 4.98 Å².